The minimum absolute atomic E-state index is 0.0414. The molecule has 0 radical (unpaired) electrons. The minimum atomic E-state index is -0.146. The van der Waals surface area contributed by atoms with Crippen LogP contribution in [0.2, 0.25) is 0 Å². The molecular formula is C27H31N5O3S. The van der Waals surface area contributed by atoms with Crippen LogP contribution in [0.25, 0.3) is 0 Å². The van der Waals surface area contributed by atoms with Crippen LogP contribution in [0.15, 0.2) is 36.8 Å². The summed E-state index contributed by atoms with van der Waals surface area (Å²) in [4.78, 5) is 32.7. The zero-order valence-electron chi connectivity index (χ0n) is 20.9. The quantitative estimate of drug-likeness (QED) is 0.457. The summed E-state index contributed by atoms with van der Waals surface area (Å²) in [5, 5.41) is 13.4. The van der Waals surface area contributed by atoms with Gasteiger partial charge in [-0.1, -0.05) is 25.1 Å². The van der Waals surface area contributed by atoms with Crippen molar-refractivity contribution in [3.63, 3.8) is 0 Å². The largest absolute Gasteiger partial charge is 0.494 e. The van der Waals surface area contributed by atoms with Crippen molar-refractivity contribution in [1.29, 1.82) is 5.26 Å². The fourth-order valence-electron chi connectivity index (χ4n) is 4.54. The van der Waals surface area contributed by atoms with E-state index in [1.807, 2.05) is 60.7 Å². The number of hydrogen-bond donors (Lipinski definition) is 1. The van der Waals surface area contributed by atoms with E-state index >= 15 is 0 Å². The monoisotopic (exact) mass is 505 g/mol. The predicted octanol–water partition coefficient (Wildman–Crippen LogP) is 4.63. The molecule has 4 rings (SSSR count). The Hall–Kier alpha value is -3.64. The van der Waals surface area contributed by atoms with Crippen molar-refractivity contribution < 1.29 is 14.3 Å². The topological polar surface area (TPSA) is 100 Å². The predicted molar refractivity (Wildman–Crippen MR) is 139 cm³/mol. The van der Waals surface area contributed by atoms with Crippen molar-refractivity contribution >= 4 is 28.2 Å². The first-order valence-electron chi connectivity index (χ1n) is 12.2. The van der Waals surface area contributed by atoms with Gasteiger partial charge in [-0.3, -0.25) is 9.59 Å². The number of aryl methyl sites for hydroxylation is 2. The lowest BCUT2D eigenvalue weighted by Crippen LogP contribution is -2.35. The van der Waals surface area contributed by atoms with E-state index in [9.17, 15) is 14.9 Å². The molecule has 1 aliphatic rings. The molecule has 36 heavy (non-hydrogen) atoms. The SMILES string of the molecule is CCOc1ccccc1C(C)CC(=O)Nc1sc2c(c1C#N)CCN(C(=O)CCn1cnc(C)c1)C2. The molecule has 0 aliphatic carbocycles. The summed E-state index contributed by atoms with van der Waals surface area (Å²) in [6.07, 6.45) is 4.94. The molecule has 2 amide bonds. The highest BCUT2D eigenvalue weighted by Crippen LogP contribution is 2.37. The molecule has 3 aromatic rings. The highest BCUT2D eigenvalue weighted by Gasteiger charge is 2.28. The molecule has 0 saturated carbocycles. The third-order valence-corrected chi connectivity index (χ3v) is 7.49. The fraction of sp³-hybridized carbons (Fsp3) is 0.407. The number of para-hydroxylation sites is 1. The van der Waals surface area contributed by atoms with E-state index in [1.54, 1.807) is 6.33 Å². The highest BCUT2D eigenvalue weighted by atomic mass is 32.1. The molecule has 3 heterocycles. The van der Waals surface area contributed by atoms with Gasteiger partial charge in [-0.15, -0.1) is 11.3 Å². The fourth-order valence-corrected chi connectivity index (χ4v) is 5.77. The van der Waals surface area contributed by atoms with Gasteiger partial charge in [-0.2, -0.15) is 5.26 Å². The number of carbonyl (C=O) groups is 2. The summed E-state index contributed by atoms with van der Waals surface area (Å²) in [6, 6.07) is 10.0. The first kappa shape index (κ1) is 25.5. The average molecular weight is 506 g/mol. The summed E-state index contributed by atoms with van der Waals surface area (Å²) in [6.45, 7) is 8.03. The Balaban J connectivity index is 1.40. The van der Waals surface area contributed by atoms with Crippen LogP contribution in [0.3, 0.4) is 0 Å². The summed E-state index contributed by atoms with van der Waals surface area (Å²) >= 11 is 1.40. The summed E-state index contributed by atoms with van der Waals surface area (Å²) < 4.78 is 7.63. The number of nitrogens with zero attached hydrogens (tertiary/aromatic N) is 4. The van der Waals surface area contributed by atoms with E-state index in [-0.39, 0.29) is 24.2 Å². The first-order chi connectivity index (χ1) is 17.4. The van der Waals surface area contributed by atoms with Crippen molar-refractivity contribution in [2.24, 2.45) is 0 Å². The first-order valence-corrected chi connectivity index (χ1v) is 13.0. The molecule has 188 valence electrons. The number of nitriles is 1. The molecule has 1 aromatic carbocycles. The Morgan fingerprint density at radius 2 is 2.14 bits per heavy atom. The van der Waals surface area contributed by atoms with Crippen LogP contribution >= 0.6 is 11.3 Å². The molecule has 2 aromatic heterocycles. The van der Waals surface area contributed by atoms with Gasteiger partial charge < -0.3 is 19.5 Å². The molecule has 0 fully saturated rings. The number of carbonyl (C=O) groups excluding carboxylic acids is 2. The maximum atomic E-state index is 12.9. The number of ether oxygens (including phenoxy) is 1. The Labute approximate surface area is 215 Å². The molecule has 9 heteroatoms. The number of fused-ring (bicyclic) bond motifs is 1. The molecule has 8 nitrogen and oxygen atoms in total. The van der Waals surface area contributed by atoms with Gasteiger partial charge in [0.15, 0.2) is 0 Å². The van der Waals surface area contributed by atoms with Crippen LogP contribution in [0.1, 0.15) is 59.9 Å². The standard InChI is InChI=1S/C27H31N5O3S/c1-4-35-23-8-6-5-7-20(23)18(2)13-25(33)30-27-22(14-28)21-9-12-32(16-24(21)36-27)26(34)10-11-31-15-19(3)29-17-31/h5-8,15,17-18H,4,9-13,16H2,1-3H3,(H,30,33). The second-order valence-electron chi connectivity index (χ2n) is 9.01. The maximum Gasteiger partial charge on any atom is 0.225 e. The molecular weight excluding hydrogens is 474 g/mol. The van der Waals surface area contributed by atoms with Crippen molar-refractivity contribution in [3.05, 3.63) is 64.1 Å². The lowest BCUT2D eigenvalue weighted by atomic mass is 9.96. The van der Waals surface area contributed by atoms with Crippen LogP contribution in [-0.4, -0.2) is 39.4 Å². The third kappa shape index (κ3) is 5.77. The van der Waals surface area contributed by atoms with Crippen molar-refractivity contribution in [1.82, 2.24) is 14.5 Å². The molecule has 1 unspecified atom stereocenters. The number of hydrogen-bond acceptors (Lipinski definition) is 6. The van der Waals surface area contributed by atoms with Crippen LogP contribution in [0.4, 0.5) is 5.00 Å². The van der Waals surface area contributed by atoms with Crippen LogP contribution in [-0.2, 0) is 29.1 Å². The number of anilines is 1. The van der Waals surface area contributed by atoms with Crippen LogP contribution < -0.4 is 10.1 Å². The maximum absolute atomic E-state index is 12.9. The molecule has 0 saturated heterocycles. The van der Waals surface area contributed by atoms with Gasteiger partial charge in [0.1, 0.15) is 16.8 Å². The Morgan fingerprint density at radius 3 is 2.86 bits per heavy atom. The van der Waals surface area contributed by atoms with Gasteiger partial charge in [0.2, 0.25) is 11.8 Å². The summed E-state index contributed by atoms with van der Waals surface area (Å²) in [5.74, 6) is 0.677. The smallest absolute Gasteiger partial charge is 0.225 e. The van der Waals surface area contributed by atoms with Gasteiger partial charge in [0, 0.05) is 37.0 Å². The van der Waals surface area contributed by atoms with E-state index in [0.717, 1.165) is 27.4 Å². The average Bonchev–Trinajstić information content (AvgIpc) is 3.44. The number of amides is 2. The van der Waals surface area contributed by atoms with E-state index in [0.29, 0.717) is 49.6 Å². The van der Waals surface area contributed by atoms with E-state index in [4.69, 9.17) is 4.74 Å². The van der Waals surface area contributed by atoms with Gasteiger partial charge in [0.25, 0.3) is 0 Å². The molecule has 1 N–H and O–H groups in total. The number of aromatic nitrogens is 2. The number of thiophene rings is 1. The zero-order chi connectivity index (χ0) is 25.7. The zero-order valence-corrected chi connectivity index (χ0v) is 21.7. The third-order valence-electron chi connectivity index (χ3n) is 6.36. The number of benzene rings is 1. The molecule has 0 spiro atoms. The van der Waals surface area contributed by atoms with E-state index in [1.165, 1.54) is 11.3 Å². The van der Waals surface area contributed by atoms with Crippen molar-refractivity contribution in [3.8, 4) is 11.8 Å². The second-order valence-corrected chi connectivity index (χ2v) is 10.1. The molecule has 0 bridgehead atoms. The van der Waals surface area contributed by atoms with Gasteiger partial charge in [-0.25, -0.2) is 4.98 Å². The Morgan fingerprint density at radius 1 is 1.33 bits per heavy atom. The van der Waals surface area contributed by atoms with Gasteiger partial charge >= 0.3 is 0 Å². The lowest BCUT2D eigenvalue weighted by Gasteiger charge is -2.27. The van der Waals surface area contributed by atoms with Crippen LogP contribution in [0.5, 0.6) is 5.75 Å². The molecule has 1 aliphatic heterocycles. The van der Waals surface area contributed by atoms with Crippen molar-refractivity contribution in [2.75, 3.05) is 18.5 Å². The Bertz CT molecular complexity index is 1290. The van der Waals surface area contributed by atoms with Crippen LogP contribution in [0, 0.1) is 18.3 Å². The second kappa shape index (κ2) is 11.4. The molecule has 1 atom stereocenters. The van der Waals surface area contributed by atoms with Gasteiger partial charge in [-0.05, 0) is 43.4 Å². The van der Waals surface area contributed by atoms with E-state index < -0.39 is 0 Å². The normalized spacial score (nSPS) is 13.6. The van der Waals surface area contributed by atoms with Gasteiger partial charge in [0.05, 0.1) is 30.7 Å². The summed E-state index contributed by atoms with van der Waals surface area (Å²) in [7, 11) is 0. The minimum Gasteiger partial charge on any atom is -0.494 e. The number of rotatable bonds is 9. The van der Waals surface area contributed by atoms with Crippen molar-refractivity contribution in [2.45, 2.75) is 59.0 Å². The Kier molecular flexibility index (Phi) is 8.06. The van der Waals surface area contributed by atoms with E-state index in [2.05, 4.69) is 16.4 Å². The number of nitrogens with one attached hydrogen (secondary N) is 1. The summed E-state index contributed by atoms with van der Waals surface area (Å²) in [5.41, 5.74) is 3.38. The lowest BCUT2D eigenvalue weighted by molar-refractivity contribution is -0.132. The number of imidazole rings is 1. The highest BCUT2D eigenvalue weighted by molar-refractivity contribution is 7.16.